The number of unbranched alkanes of at least 4 members (excludes halogenated alkanes) is 6. The van der Waals surface area contributed by atoms with Crippen molar-refractivity contribution in [3.63, 3.8) is 0 Å². The van der Waals surface area contributed by atoms with Gasteiger partial charge in [-0.05, 0) is 25.6 Å². The summed E-state index contributed by atoms with van der Waals surface area (Å²) in [5.74, 6) is 0.149. The van der Waals surface area contributed by atoms with Crippen LogP contribution in [-0.4, -0.2) is 22.3 Å². The minimum Gasteiger partial charge on any atom is -0.493 e. The average Bonchev–Trinajstić information content (AvgIpc) is 2.71. The highest BCUT2D eigenvalue weighted by molar-refractivity contribution is 7.73. The summed E-state index contributed by atoms with van der Waals surface area (Å²) in [4.78, 5) is 8.00. The van der Waals surface area contributed by atoms with Gasteiger partial charge in [-0.3, -0.25) is 4.99 Å². The van der Waals surface area contributed by atoms with Crippen molar-refractivity contribution in [3.8, 4) is 5.88 Å². The maximum Gasteiger partial charge on any atom is 0.209 e. The van der Waals surface area contributed by atoms with Gasteiger partial charge in [-0.2, -0.15) is 0 Å². The van der Waals surface area contributed by atoms with Gasteiger partial charge in [0.05, 0.1) is 5.71 Å². The zero-order valence-electron chi connectivity index (χ0n) is 11.9. The molecule has 0 aliphatic carbocycles. The third-order valence-electron chi connectivity index (χ3n) is 3.07. The van der Waals surface area contributed by atoms with E-state index in [9.17, 15) is 5.11 Å². The second-order valence-electron chi connectivity index (χ2n) is 4.78. The summed E-state index contributed by atoms with van der Waals surface area (Å²) in [6, 6.07) is 0. The van der Waals surface area contributed by atoms with Gasteiger partial charge >= 0.3 is 0 Å². The normalized spacial score (nSPS) is 12.0. The molecule has 0 fully saturated rings. The molecule has 1 aromatic rings. The summed E-state index contributed by atoms with van der Waals surface area (Å²) in [5, 5.41) is 9.63. The molecule has 1 rings (SSSR count). The summed E-state index contributed by atoms with van der Waals surface area (Å²) in [6.45, 7) is 5.00. The molecule has 108 valence electrons. The van der Waals surface area contributed by atoms with Gasteiger partial charge in [0.25, 0.3) is 0 Å². The zero-order chi connectivity index (χ0) is 14.1. The summed E-state index contributed by atoms with van der Waals surface area (Å²) in [7, 11) is 0. The Morgan fingerprint density at radius 2 is 1.84 bits per heavy atom. The Labute approximate surface area is 124 Å². The largest absolute Gasteiger partial charge is 0.493 e. The molecule has 19 heavy (non-hydrogen) atoms. The maximum absolute atomic E-state index is 9.63. The first kappa shape index (κ1) is 16.4. The van der Waals surface area contributed by atoms with Crippen LogP contribution in [0.15, 0.2) is 4.99 Å². The molecular weight excluding hydrogens is 276 g/mol. The number of hydrogen-bond donors (Lipinski definition) is 2. The van der Waals surface area contributed by atoms with Crippen molar-refractivity contribution < 1.29 is 5.11 Å². The minimum absolute atomic E-state index is 0.149. The molecule has 0 saturated heterocycles. The van der Waals surface area contributed by atoms with Crippen molar-refractivity contribution in [1.29, 1.82) is 0 Å². The van der Waals surface area contributed by atoms with E-state index in [4.69, 9.17) is 12.2 Å². The SMILES string of the molecule is CCCCCCCCCN=C(C)c1sc(=S)[nH]c1O. The summed E-state index contributed by atoms with van der Waals surface area (Å²) in [6.07, 6.45) is 9.04. The first-order valence-corrected chi connectivity index (χ1v) is 8.31. The van der Waals surface area contributed by atoms with Crippen molar-refractivity contribution in [2.75, 3.05) is 6.54 Å². The van der Waals surface area contributed by atoms with Crippen LogP contribution in [0.3, 0.4) is 0 Å². The number of H-pyrrole nitrogens is 1. The topological polar surface area (TPSA) is 48.4 Å². The third kappa shape index (κ3) is 6.34. The first-order chi connectivity index (χ1) is 9.15. The number of nitrogens with one attached hydrogen (secondary N) is 1. The molecule has 0 radical (unpaired) electrons. The maximum atomic E-state index is 9.63. The highest BCUT2D eigenvalue weighted by atomic mass is 32.1. The Morgan fingerprint density at radius 3 is 2.42 bits per heavy atom. The average molecular weight is 300 g/mol. The van der Waals surface area contributed by atoms with Crippen LogP contribution >= 0.6 is 23.6 Å². The summed E-state index contributed by atoms with van der Waals surface area (Å²) < 4.78 is 0.595. The van der Waals surface area contributed by atoms with Crippen molar-refractivity contribution >= 4 is 29.3 Å². The van der Waals surface area contributed by atoms with Crippen LogP contribution in [0.1, 0.15) is 63.7 Å². The second kappa shape index (κ2) is 9.26. The van der Waals surface area contributed by atoms with E-state index in [1.54, 1.807) is 0 Å². The number of aromatic hydroxyl groups is 1. The number of hydrogen-bond acceptors (Lipinski definition) is 4. The van der Waals surface area contributed by atoms with E-state index in [-0.39, 0.29) is 5.88 Å². The zero-order valence-corrected chi connectivity index (χ0v) is 13.5. The van der Waals surface area contributed by atoms with Crippen LogP contribution in [0.2, 0.25) is 0 Å². The van der Waals surface area contributed by atoms with E-state index < -0.39 is 0 Å². The number of aromatic amines is 1. The van der Waals surface area contributed by atoms with Gasteiger partial charge in [-0.25, -0.2) is 0 Å². The van der Waals surface area contributed by atoms with Crippen molar-refractivity contribution in [2.45, 2.75) is 58.8 Å². The monoisotopic (exact) mass is 300 g/mol. The minimum atomic E-state index is 0.149. The molecule has 0 aromatic carbocycles. The van der Waals surface area contributed by atoms with E-state index in [0.29, 0.717) is 3.95 Å². The van der Waals surface area contributed by atoms with Gasteiger partial charge in [-0.15, -0.1) is 0 Å². The van der Waals surface area contributed by atoms with E-state index in [1.807, 2.05) is 6.92 Å². The fourth-order valence-corrected chi connectivity index (χ4v) is 2.99. The van der Waals surface area contributed by atoms with Gasteiger partial charge in [0.1, 0.15) is 4.88 Å². The number of rotatable bonds is 9. The van der Waals surface area contributed by atoms with Crippen molar-refractivity contribution in [3.05, 3.63) is 8.83 Å². The molecule has 0 saturated carbocycles. The van der Waals surface area contributed by atoms with Crippen LogP contribution in [0, 0.1) is 3.95 Å². The van der Waals surface area contributed by atoms with Crippen LogP contribution < -0.4 is 0 Å². The Bertz CT molecular complexity index is 449. The van der Waals surface area contributed by atoms with Gasteiger partial charge < -0.3 is 10.1 Å². The van der Waals surface area contributed by atoms with E-state index in [0.717, 1.165) is 23.6 Å². The molecule has 2 N–H and O–H groups in total. The molecule has 3 nitrogen and oxygen atoms in total. The Hall–Kier alpha value is -0.680. The fraction of sp³-hybridized carbons (Fsp3) is 0.714. The Balaban J connectivity index is 2.22. The van der Waals surface area contributed by atoms with Gasteiger partial charge in [0, 0.05) is 6.54 Å². The van der Waals surface area contributed by atoms with Crippen LogP contribution in [0.25, 0.3) is 0 Å². The molecule has 0 aliphatic rings. The predicted molar refractivity (Wildman–Crippen MR) is 86.2 cm³/mol. The number of thiazole rings is 1. The van der Waals surface area contributed by atoms with E-state index >= 15 is 0 Å². The van der Waals surface area contributed by atoms with Gasteiger partial charge in [0.2, 0.25) is 5.88 Å². The molecule has 0 unspecified atom stereocenters. The fourth-order valence-electron chi connectivity index (χ4n) is 1.95. The van der Waals surface area contributed by atoms with Crippen molar-refractivity contribution in [2.24, 2.45) is 4.99 Å². The Morgan fingerprint density at radius 1 is 1.21 bits per heavy atom. The molecular formula is C14H24N2OS2. The number of aliphatic imine (C=N–C) groups is 1. The molecule has 0 spiro atoms. The van der Waals surface area contributed by atoms with Gasteiger partial charge in [0.15, 0.2) is 3.95 Å². The molecule has 5 heteroatoms. The predicted octanol–water partition coefficient (Wildman–Crippen LogP) is 5.07. The summed E-state index contributed by atoms with van der Waals surface area (Å²) >= 11 is 6.37. The molecule has 0 amide bonds. The van der Waals surface area contributed by atoms with Gasteiger partial charge in [-0.1, -0.05) is 56.8 Å². The first-order valence-electron chi connectivity index (χ1n) is 7.08. The molecule has 1 aromatic heterocycles. The van der Waals surface area contributed by atoms with E-state index in [2.05, 4.69) is 16.9 Å². The lowest BCUT2D eigenvalue weighted by atomic mass is 10.1. The van der Waals surface area contributed by atoms with Crippen LogP contribution in [0.5, 0.6) is 5.88 Å². The number of aromatic nitrogens is 1. The lowest BCUT2D eigenvalue weighted by Crippen LogP contribution is -1.94. The standard InChI is InChI=1S/C14H24N2OS2/c1-3-4-5-6-7-8-9-10-15-11(2)12-13(17)16-14(18)19-12/h17H,3-10H2,1-2H3,(H,16,18). The quantitative estimate of drug-likeness (QED) is 0.380. The Kier molecular flexibility index (Phi) is 7.98. The molecule has 0 bridgehead atoms. The van der Waals surface area contributed by atoms with Crippen LogP contribution in [-0.2, 0) is 0 Å². The molecule has 0 atom stereocenters. The number of nitrogens with zero attached hydrogens (tertiary/aromatic N) is 1. The van der Waals surface area contributed by atoms with E-state index in [1.165, 1.54) is 49.9 Å². The lowest BCUT2D eigenvalue weighted by Gasteiger charge is -2.00. The molecule has 1 heterocycles. The smallest absolute Gasteiger partial charge is 0.209 e. The highest BCUT2D eigenvalue weighted by Crippen LogP contribution is 2.22. The lowest BCUT2D eigenvalue weighted by molar-refractivity contribution is 0.456. The summed E-state index contributed by atoms with van der Waals surface area (Å²) in [5.41, 5.74) is 0.876. The molecule has 0 aliphatic heterocycles. The second-order valence-corrected chi connectivity index (χ2v) is 6.47. The van der Waals surface area contributed by atoms with Crippen LogP contribution in [0.4, 0.5) is 0 Å². The van der Waals surface area contributed by atoms with Crippen molar-refractivity contribution in [1.82, 2.24) is 4.98 Å². The third-order valence-corrected chi connectivity index (χ3v) is 4.40. The highest BCUT2D eigenvalue weighted by Gasteiger charge is 2.07.